The van der Waals surface area contributed by atoms with Crippen LogP contribution in [-0.2, 0) is 0 Å². The molecule has 20 heavy (non-hydrogen) atoms. The Morgan fingerprint density at radius 1 is 1.15 bits per heavy atom. The van der Waals surface area contributed by atoms with E-state index in [0.717, 1.165) is 0 Å². The van der Waals surface area contributed by atoms with Gasteiger partial charge in [0.2, 0.25) is 0 Å². The molecule has 0 unspecified atom stereocenters. The lowest BCUT2D eigenvalue weighted by Crippen LogP contribution is -2.38. The number of nitrogens with two attached hydrogens (primary N) is 1. The largest absolute Gasteiger partial charge is 0.497 e. The summed E-state index contributed by atoms with van der Waals surface area (Å²) in [5, 5.41) is 9.80. The lowest BCUT2D eigenvalue weighted by atomic mass is 10.0. The summed E-state index contributed by atoms with van der Waals surface area (Å²) in [5.74, 6) is 0.767. The van der Waals surface area contributed by atoms with Gasteiger partial charge in [0.15, 0.2) is 0 Å². The van der Waals surface area contributed by atoms with Crippen molar-refractivity contribution in [3.63, 3.8) is 0 Å². The van der Waals surface area contributed by atoms with Crippen LogP contribution in [-0.4, -0.2) is 31.5 Å². The summed E-state index contributed by atoms with van der Waals surface area (Å²) in [6, 6.07) is 2.35. The van der Waals surface area contributed by atoms with Crippen LogP contribution in [0, 0.1) is 0 Å². The fourth-order valence-electron chi connectivity index (χ4n) is 1.53. The minimum atomic E-state index is -4.54. The highest BCUT2D eigenvalue weighted by molar-refractivity contribution is 5.85. The van der Waals surface area contributed by atoms with Crippen LogP contribution in [0.15, 0.2) is 18.2 Å². The van der Waals surface area contributed by atoms with Crippen LogP contribution in [0.1, 0.15) is 18.1 Å². The van der Waals surface area contributed by atoms with Crippen molar-refractivity contribution in [2.75, 3.05) is 14.2 Å². The van der Waals surface area contributed by atoms with Crippen molar-refractivity contribution in [1.82, 2.24) is 0 Å². The van der Waals surface area contributed by atoms with E-state index in [4.69, 9.17) is 15.2 Å². The Morgan fingerprint density at radius 2 is 1.60 bits per heavy atom. The van der Waals surface area contributed by atoms with Crippen LogP contribution in [0.3, 0.4) is 0 Å². The molecule has 3 N–H and O–H groups in total. The Kier molecular flexibility index (Phi) is 7.12. The zero-order valence-corrected chi connectivity index (χ0v) is 11.8. The van der Waals surface area contributed by atoms with E-state index < -0.39 is 24.7 Å². The number of aliphatic hydroxyl groups is 1. The molecule has 0 aliphatic carbocycles. The van der Waals surface area contributed by atoms with Crippen molar-refractivity contribution in [2.24, 2.45) is 5.73 Å². The summed E-state index contributed by atoms with van der Waals surface area (Å²) in [4.78, 5) is 0. The molecular formula is C12H17ClF3NO3. The standard InChI is InChI=1S/C12H16F3NO3.ClH/c1-18-8-3-7(4-9(5-8)19-2)10(17)6-11(16)12(13,14)15;/h3-5,10-11,17H,6,16H2,1-2H3;1H/t10-,11-;/m0./s1. The zero-order chi connectivity index (χ0) is 14.6. The SMILES string of the molecule is COc1cc(OC)cc([C@@H](O)C[C@H](N)C(F)(F)F)c1.Cl. The molecule has 0 heterocycles. The molecule has 0 bridgehead atoms. The maximum Gasteiger partial charge on any atom is 0.403 e. The van der Waals surface area contributed by atoms with Gasteiger partial charge in [0.05, 0.1) is 20.3 Å². The monoisotopic (exact) mass is 315 g/mol. The third-order valence-corrected chi connectivity index (χ3v) is 2.66. The molecule has 2 atom stereocenters. The molecule has 0 aliphatic rings. The maximum absolute atomic E-state index is 12.3. The van der Waals surface area contributed by atoms with Gasteiger partial charge in [-0.3, -0.25) is 0 Å². The number of methoxy groups -OCH3 is 2. The molecular weight excluding hydrogens is 299 g/mol. The molecule has 0 fully saturated rings. The van der Waals surface area contributed by atoms with Crippen LogP contribution in [0.5, 0.6) is 11.5 Å². The van der Waals surface area contributed by atoms with E-state index in [-0.39, 0.29) is 18.0 Å². The zero-order valence-electron chi connectivity index (χ0n) is 11.0. The van der Waals surface area contributed by atoms with Crippen molar-refractivity contribution < 1.29 is 27.8 Å². The van der Waals surface area contributed by atoms with E-state index in [1.54, 1.807) is 6.07 Å². The number of halogens is 4. The smallest absolute Gasteiger partial charge is 0.403 e. The number of alkyl halides is 3. The minimum Gasteiger partial charge on any atom is -0.497 e. The molecule has 116 valence electrons. The fraction of sp³-hybridized carbons (Fsp3) is 0.500. The van der Waals surface area contributed by atoms with E-state index >= 15 is 0 Å². The third kappa shape index (κ3) is 5.07. The van der Waals surface area contributed by atoms with Gasteiger partial charge >= 0.3 is 6.18 Å². The van der Waals surface area contributed by atoms with Gasteiger partial charge < -0.3 is 20.3 Å². The molecule has 4 nitrogen and oxygen atoms in total. The number of ether oxygens (including phenoxy) is 2. The third-order valence-electron chi connectivity index (χ3n) is 2.66. The van der Waals surface area contributed by atoms with Gasteiger partial charge in [-0.15, -0.1) is 12.4 Å². The molecule has 0 aliphatic heterocycles. The summed E-state index contributed by atoms with van der Waals surface area (Å²) < 4.78 is 46.9. The molecule has 0 amide bonds. The molecule has 0 saturated heterocycles. The van der Waals surface area contributed by atoms with Crippen molar-refractivity contribution in [3.05, 3.63) is 23.8 Å². The molecule has 0 aromatic heterocycles. The van der Waals surface area contributed by atoms with Crippen LogP contribution in [0.2, 0.25) is 0 Å². The Hall–Kier alpha value is -1.18. The number of hydrogen-bond acceptors (Lipinski definition) is 4. The van der Waals surface area contributed by atoms with E-state index in [2.05, 4.69) is 0 Å². The Morgan fingerprint density at radius 3 is 1.95 bits per heavy atom. The molecule has 1 aromatic carbocycles. The van der Waals surface area contributed by atoms with E-state index in [9.17, 15) is 18.3 Å². The van der Waals surface area contributed by atoms with Crippen molar-refractivity contribution >= 4 is 12.4 Å². The van der Waals surface area contributed by atoms with Crippen LogP contribution in [0.25, 0.3) is 0 Å². The highest BCUT2D eigenvalue weighted by Gasteiger charge is 2.38. The second kappa shape index (κ2) is 7.56. The molecule has 0 saturated carbocycles. The van der Waals surface area contributed by atoms with E-state index in [0.29, 0.717) is 11.5 Å². The van der Waals surface area contributed by atoms with Gasteiger partial charge in [0.1, 0.15) is 17.5 Å². The molecule has 8 heteroatoms. The molecule has 1 rings (SSSR count). The van der Waals surface area contributed by atoms with Gasteiger partial charge in [-0.25, -0.2) is 0 Å². The summed E-state index contributed by atoms with van der Waals surface area (Å²) in [6.45, 7) is 0. The van der Waals surface area contributed by atoms with Gasteiger partial charge in [-0.1, -0.05) is 0 Å². The summed E-state index contributed by atoms with van der Waals surface area (Å²) in [7, 11) is 2.82. The van der Waals surface area contributed by atoms with Crippen molar-refractivity contribution in [2.45, 2.75) is 24.7 Å². The number of benzene rings is 1. The summed E-state index contributed by atoms with van der Waals surface area (Å²) in [5.41, 5.74) is 5.24. The van der Waals surface area contributed by atoms with Crippen LogP contribution >= 0.6 is 12.4 Å². The summed E-state index contributed by atoms with van der Waals surface area (Å²) in [6.07, 6.45) is -6.51. The van der Waals surface area contributed by atoms with E-state index in [1.165, 1.54) is 26.4 Å². The molecule has 0 spiro atoms. The first-order chi connectivity index (χ1) is 8.77. The van der Waals surface area contributed by atoms with Crippen LogP contribution < -0.4 is 15.2 Å². The number of aliphatic hydroxyl groups excluding tert-OH is 1. The highest BCUT2D eigenvalue weighted by Crippen LogP contribution is 2.31. The topological polar surface area (TPSA) is 64.7 Å². The lowest BCUT2D eigenvalue weighted by Gasteiger charge is -2.20. The Balaban J connectivity index is 0.00000361. The average molecular weight is 316 g/mol. The maximum atomic E-state index is 12.3. The van der Waals surface area contributed by atoms with Crippen molar-refractivity contribution in [1.29, 1.82) is 0 Å². The predicted octanol–water partition coefficient (Wildman–Crippen LogP) is 2.44. The quantitative estimate of drug-likeness (QED) is 0.876. The lowest BCUT2D eigenvalue weighted by molar-refractivity contribution is -0.153. The second-order valence-electron chi connectivity index (χ2n) is 4.05. The van der Waals surface area contributed by atoms with E-state index in [1.807, 2.05) is 0 Å². The number of hydrogen-bond donors (Lipinski definition) is 2. The van der Waals surface area contributed by atoms with Gasteiger partial charge in [0.25, 0.3) is 0 Å². The van der Waals surface area contributed by atoms with Gasteiger partial charge in [0, 0.05) is 12.5 Å². The van der Waals surface area contributed by atoms with Crippen molar-refractivity contribution in [3.8, 4) is 11.5 Å². The first-order valence-electron chi connectivity index (χ1n) is 5.51. The van der Waals surface area contributed by atoms with Gasteiger partial charge in [-0.05, 0) is 17.7 Å². The minimum absolute atomic E-state index is 0. The fourth-order valence-corrected chi connectivity index (χ4v) is 1.53. The number of rotatable bonds is 5. The highest BCUT2D eigenvalue weighted by atomic mass is 35.5. The second-order valence-corrected chi connectivity index (χ2v) is 4.05. The predicted molar refractivity (Wildman–Crippen MR) is 70.4 cm³/mol. The molecule has 0 radical (unpaired) electrons. The first kappa shape index (κ1) is 18.8. The molecule has 1 aromatic rings. The normalized spacial score (nSPS) is 14.2. The first-order valence-corrected chi connectivity index (χ1v) is 5.51. The Labute approximate surface area is 121 Å². The van der Waals surface area contributed by atoms with Crippen LogP contribution in [0.4, 0.5) is 13.2 Å². The average Bonchev–Trinajstić information content (AvgIpc) is 2.36. The Bertz CT molecular complexity index is 407. The van der Waals surface area contributed by atoms with Gasteiger partial charge in [-0.2, -0.15) is 13.2 Å². The summed E-state index contributed by atoms with van der Waals surface area (Å²) >= 11 is 0.